The van der Waals surface area contributed by atoms with Crippen molar-refractivity contribution in [3.8, 4) is 0 Å². The molecule has 3 heterocycles. The van der Waals surface area contributed by atoms with Crippen LogP contribution in [0.1, 0.15) is 19.3 Å². The molecule has 0 aromatic heterocycles. The maximum atomic E-state index is 6.26. The molecule has 0 spiro atoms. The van der Waals surface area contributed by atoms with Crippen molar-refractivity contribution in [2.24, 2.45) is 11.7 Å². The summed E-state index contributed by atoms with van der Waals surface area (Å²) in [6.45, 7) is 4.94. The Morgan fingerprint density at radius 2 is 1.94 bits per heavy atom. The minimum atomic E-state index is 0.278. The van der Waals surface area contributed by atoms with E-state index in [1.807, 2.05) is 0 Å². The van der Waals surface area contributed by atoms with Crippen LogP contribution in [-0.2, 0) is 9.47 Å². The van der Waals surface area contributed by atoms with Crippen LogP contribution in [0.15, 0.2) is 0 Å². The van der Waals surface area contributed by atoms with Crippen LogP contribution in [-0.4, -0.2) is 56.0 Å². The molecule has 4 unspecified atom stereocenters. The molecule has 4 atom stereocenters. The molecular formula is C12H22N2O2. The molecule has 2 bridgehead atoms. The van der Waals surface area contributed by atoms with E-state index in [1.54, 1.807) is 0 Å². The van der Waals surface area contributed by atoms with E-state index in [0.717, 1.165) is 39.3 Å². The minimum Gasteiger partial charge on any atom is -0.381 e. The summed E-state index contributed by atoms with van der Waals surface area (Å²) in [5.74, 6) is 0.570. The average molecular weight is 226 g/mol. The highest BCUT2D eigenvalue weighted by molar-refractivity contribution is 4.88. The zero-order valence-electron chi connectivity index (χ0n) is 9.81. The Kier molecular flexibility index (Phi) is 3.16. The number of fused-ring (bicyclic) bond motifs is 2. The van der Waals surface area contributed by atoms with Gasteiger partial charge in [-0.3, -0.25) is 4.90 Å². The number of morpholine rings is 1. The van der Waals surface area contributed by atoms with Gasteiger partial charge in [0, 0.05) is 38.2 Å². The Labute approximate surface area is 97.1 Å². The van der Waals surface area contributed by atoms with Crippen molar-refractivity contribution in [2.75, 3.05) is 32.8 Å². The standard InChI is InChI=1S/C12H22N2O2/c13-12(9-3-4-15-8-9)7-14-5-10-1-2-11(6-14)16-10/h9-12H,1-8,13H2. The summed E-state index contributed by atoms with van der Waals surface area (Å²) in [5, 5.41) is 0. The Hall–Kier alpha value is -0.160. The summed E-state index contributed by atoms with van der Waals surface area (Å²) >= 11 is 0. The first-order valence-electron chi connectivity index (χ1n) is 6.52. The van der Waals surface area contributed by atoms with Gasteiger partial charge in [0.2, 0.25) is 0 Å². The topological polar surface area (TPSA) is 47.7 Å². The first-order valence-corrected chi connectivity index (χ1v) is 6.52. The largest absolute Gasteiger partial charge is 0.381 e. The Morgan fingerprint density at radius 1 is 1.19 bits per heavy atom. The lowest BCUT2D eigenvalue weighted by molar-refractivity contribution is -0.0411. The van der Waals surface area contributed by atoms with Gasteiger partial charge < -0.3 is 15.2 Å². The average Bonchev–Trinajstić information content (AvgIpc) is 2.88. The predicted molar refractivity (Wildman–Crippen MR) is 61.2 cm³/mol. The second-order valence-electron chi connectivity index (χ2n) is 5.46. The van der Waals surface area contributed by atoms with Crippen molar-refractivity contribution in [1.29, 1.82) is 0 Å². The summed E-state index contributed by atoms with van der Waals surface area (Å²) < 4.78 is 11.2. The molecule has 3 fully saturated rings. The fourth-order valence-electron chi connectivity index (χ4n) is 3.19. The predicted octanol–water partition coefficient (Wildman–Crippen LogP) is 0.213. The highest BCUT2D eigenvalue weighted by Crippen LogP contribution is 2.27. The van der Waals surface area contributed by atoms with Gasteiger partial charge in [-0.1, -0.05) is 0 Å². The highest BCUT2D eigenvalue weighted by Gasteiger charge is 2.35. The molecule has 4 heteroatoms. The summed E-state index contributed by atoms with van der Waals surface area (Å²) in [6, 6.07) is 0.278. The van der Waals surface area contributed by atoms with E-state index in [-0.39, 0.29) is 6.04 Å². The van der Waals surface area contributed by atoms with E-state index < -0.39 is 0 Å². The number of nitrogens with zero attached hydrogens (tertiary/aromatic N) is 1. The third-order valence-corrected chi connectivity index (χ3v) is 4.16. The van der Waals surface area contributed by atoms with Crippen LogP contribution in [0, 0.1) is 5.92 Å². The Morgan fingerprint density at radius 3 is 2.56 bits per heavy atom. The second-order valence-corrected chi connectivity index (χ2v) is 5.46. The third-order valence-electron chi connectivity index (χ3n) is 4.16. The zero-order chi connectivity index (χ0) is 11.0. The van der Waals surface area contributed by atoms with E-state index in [1.165, 1.54) is 12.8 Å². The van der Waals surface area contributed by atoms with E-state index in [9.17, 15) is 0 Å². The molecule has 3 rings (SSSR count). The van der Waals surface area contributed by atoms with Crippen LogP contribution < -0.4 is 5.73 Å². The van der Waals surface area contributed by atoms with Crippen LogP contribution in [0.5, 0.6) is 0 Å². The van der Waals surface area contributed by atoms with Gasteiger partial charge in [-0.15, -0.1) is 0 Å². The molecule has 0 aromatic rings. The van der Waals surface area contributed by atoms with E-state index >= 15 is 0 Å². The number of hydrogen-bond acceptors (Lipinski definition) is 4. The lowest BCUT2D eigenvalue weighted by Gasteiger charge is -2.34. The summed E-state index contributed by atoms with van der Waals surface area (Å²) in [5.41, 5.74) is 6.26. The summed E-state index contributed by atoms with van der Waals surface area (Å²) in [4.78, 5) is 2.49. The van der Waals surface area contributed by atoms with Gasteiger partial charge in [0.1, 0.15) is 0 Å². The number of hydrogen-bond donors (Lipinski definition) is 1. The maximum absolute atomic E-state index is 6.26. The lowest BCUT2D eigenvalue weighted by Crippen LogP contribution is -2.49. The molecule has 3 saturated heterocycles. The van der Waals surface area contributed by atoms with Gasteiger partial charge >= 0.3 is 0 Å². The van der Waals surface area contributed by atoms with Gasteiger partial charge in [-0.25, -0.2) is 0 Å². The zero-order valence-corrected chi connectivity index (χ0v) is 9.81. The fraction of sp³-hybridized carbons (Fsp3) is 1.00. The molecule has 0 amide bonds. The van der Waals surface area contributed by atoms with Gasteiger partial charge in [0.15, 0.2) is 0 Å². The van der Waals surface area contributed by atoms with Gasteiger partial charge in [0.05, 0.1) is 18.8 Å². The number of likely N-dealkylation sites (tertiary alicyclic amines) is 1. The molecule has 4 nitrogen and oxygen atoms in total. The third kappa shape index (κ3) is 2.25. The lowest BCUT2D eigenvalue weighted by atomic mass is 9.99. The highest BCUT2D eigenvalue weighted by atomic mass is 16.5. The quantitative estimate of drug-likeness (QED) is 0.747. The van der Waals surface area contributed by atoms with Crippen molar-refractivity contribution in [1.82, 2.24) is 4.90 Å². The first-order chi connectivity index (χ1) is 7.81. The molecule has 16 heavy (non-hydrogen) atoms. The van der Waals surface area contributed by atoms with Gasteiger partial charge in [0.25, 0.3) is 0 Å². The van der Waals surface area contributed by atoms with Crippen LogP contribution in [0.4, 0.5) is 0 Å². The summed E-state index contributed by atoms with van der Waals surface area (Å²) in [7, 11) is 0. The van der Waals surface area contributed by atoms with Crippen molar-refractivity contribution in [3.05, 3.63) is 0 Å². The van der Waals surface area contributed by atoms with Crippen molar-refractivity contribution in [2.45, 2.75) is 37.5 Å². The molecule has 2 N–H and O–H groups in total. The van der Waals surface area contributed by atoms with E-state index in [0.29, 0.717) is 18.1 Å². The van der Waals surface area contributed by atoms with E-state index in [4.69, 9.17) is 15.2 Å². The molecule has 0 saturated carbocycles. The minimum absolute atomic E-state index is 0.278. The van der Waals surface area contributed by atoms with E-state index in [2.05, 4.69) is 4.90 Å². The van der Waals surface area contributed by atoms with Crippen LogP contribution in [0.2, 0.25) is 0 Å². The van der Waals surface area contributed by atoms with Crippen LogP contribution in [0.3, 0.4) is 0 Å². The second kappa shape index (κ2) is 4.61. The fourth-order valence-corrected chi connectivity index (χ4v) is 3.19. The maximum Gasteiger partial charge on any atom is 0.0707 e. The normalized spacial score (nSPS) is 41.4. The monoisotopic (exact) mass is 226 g/mol. The number of nitrogens with two attached hydrogens (primary N) is 1. The number of ether oxygens (including phenoxy) is 2. The van der Waals surface area contributed by atoms with Crippen molar-refractivity contribution < 1.29 is 9.47 Å². The van der Waals surface area contributed by atoms with Crippen LogP contribution >= 0.6 is 0 Å². The molecule has 92 valence electrons. The van der Waals surface area contributed by atoms with Crippen LogP contribution in [0.25, 0.3) is 0 Å². The number of rotatable bonds is 3. The molecule has 0 aliphatic carbocycles. The first kappa shape index (κ1) is 11.0. The SMILES string of the molecule is NC(CN1CC2CCC(C1)O2)C1CCOC1. The Bertz CT molecular complexity index is 231. The molecule has 3 aliphatic heterocycles. The van der Waals surface area contributed by atoms with Crippen molar-refractivity contribution in [3.63, 3.8) is 0 Å². The molecule has 0 aromatic carbocycles. The molecule has 3 aliphatic rings. The van der Waals surface area contributed by atoms with Gasteiger partial charge in [-0.05, 0) is 19.3 Å². The molecule has 0 radical (unpaired) electrons. The summed E-state index contributed by atoms with van der Waals surface area (Å²) in [6.07, 6.45) is 4.57. The van der Waals surface area contributed by atoms with Crippen molar-refractivity contribution >= 4 is 0 Å². The smallest absolute Gasteiger partial charge is 0.0707 e. The Balaban J connectivity index is 1.50. The van der Waals surface area contributed by atoms with Gasteiger partial charge in [-0.2, -0.15) is 0 Å². The molecular weight excluding hydrogens is 204 g/mol.